The molecule has 0 atom stereocenters. The van der Waals surface area contributed by atoms with Crippen LogP contribution in [0.2, 0.25) is 5.28 Å². The van der Waals surface area contributed by atoms with E-state index in [1.807, 2.05) is 0 Å². The summed E-state index contributed by atoms with van der Waals surface area (Å²) in [5.74, 6) is 0. The molecular formula is C9H12ClN3O. The Morgan fingerprint density at radius 1 is 1.50 bits per heavy atom. The van der Waals surface area contributed by atoms with Gasteiger partial charge in [0.05, 0.1) is 5.69 Å². The highest BCUT2D eigenvalue weighted by Crippen LogP contribution is 2.10. The molecule has 0 aromatic carbocycles. The van der Waals surface area contributed by atoms with Crippen molar-refractivity contribution in [2.45, 2.75) is 19.4 Å². The van der Waals surface area contributed by atoms with Gasteiger partial charge in [0.2, 0.25) is 5.28 Å². The Morgan fingerprint density at radius 2 is 2.21 bits per heavy atom. The number of hydrogen-bond acceptors (Lipinski definition) is 3. The minimum atomic E-state index is -0.181. The van der Waals surface area contributed by atoms with Crippen LogP contribution in [-0.4, -0.2) is 28.0 Å². The topological polar surface area (TPSA) is 49.0 Å². The van der Waals surface area contributed by atoms with Crippen molar-refractivity contribution in [2.24, 2.45) is 0 Å². The molecule has 0 unspecified atom stereocenters. The van der Waals surface area contributed by atoms with Crippen LogP contribution in [0.5, 0.6) is 0 Å². The maximum atomic E-state index is 11.1. The van der Waals surface area contributed by atoms with Crippen LogP contribution in [0.25, 0.3) is 0 Å². The summed E-state index contributed by atoms with van der Waals surface area (Å²) in [5.41, 5.74) is 0.569. The fourth-order valence-electron chi connectivity index (χ4n) is 1.73. The molecule has 0 spiro atoms. The van der Waals surface area contributed by atoms with E-state index in [0.717, 1.165) is 25.3 Å². The lowest BCUT2D eigenvalue weighted by Gasteiger charge is -2.13. The smallest absolute Gasteiger partial charge is 0.252 e. The van der Waals surface area contributed by atoms with Gasteiger partial charge in [0.15, 0.2) is 0 Å². The summed E-state index contributed by atoms with van der Waals surface area (Å²) in [5, 5.41) is 0.173. The van der Waals surface area contributed by atoms with Crippen molar-refractivity contribution in [1.82, 2.24) is 14.9 Å². The van der Waals surface area contributed by atoms with Crippen LogP contribution in [0.15, 0.2) is 10.9 Å². The molecule has 0 bridgehead atoms. The fraction of sp³-hybridized carbons (Fsp3) is 0.556. The van der Waals surface area contributed by atoms with Gasteiger partial charge in [0.1, 0.15) is 0 Å². The van der Waals surface area contributed by atoms with E-state index in [-0.39, 0.29) is 10.8 Å². The predicted molar refractivity (Wildman–Crippen MR) is 54.4 cm³/mol. The zero-order valence-corrected chi connectivity index (χ0v) is 8.55. The third-order valence-electron chi connectivity index (χ3n) is 2.35. The molecule has 1 saturated heterocycles. The third kappa shape index (κ3) is 2.33. The number of hydrogen-bond donors (Lipinski definition) is 1. The Bertz CT molecular complexity index is 371. The molecule has 14 heavy (non-hydrogen) atoms. The van der Waals surface area contributed by atoms with Gasteiger partial charge in [-0.05, 0) is 37.5 Å². The lowest BCUT2D eigenvalue weighted by molar-refractivity contribution is 0.327. The van der Waals surface area contributed by atoms with Crippen molar-refractivity contribution in [2.75, 3.05) is 13.1 Å². The number of halogens is 1. The maximum Gasteiger partial charge on any atom is 0.252 e. The van der Waals surface area contributed by atoms with Crippen LogP contribution >= 0.6 is 11.6 Å². The standard InChI is InChI=1S/C9H12ClN3O/c10-9-11-7(5-8(14)12-9)6-13-3-1-2-4-13/h5H,1-4,6H2,(H,11,12,14). The van der Waals surface area contributed by atoms with Gasteiger partial charge in [-0.1, -0.05) is 0 Å². The molecule has 1 aromatic heterocycles. The molecule has 1 aromatic rings. The molecule has 1 aliphatic rings. The predicted octanol–water partition coefficient (Wildman–Crippen LogP) is 1.02. The van der Waals surface area contributed by atoms with Gasteiger partial charge in [0, 0.05) is 12.6 Å². The molecule has 1 N–H and O–H groups in total. The quantitative estimate of drug-likeness (QED) is 0.747. The molecule has 0 aliphatic carbocycles. The molecule has 4 nitrogen and oxygen atoms in total. The first-order valence-electron chi connectivity index (χ1n) is 4.72. The van der Waals surface area contributed by atoms with E-state index in [1.165, 1.54) is 18.9 Å². The minimum absolute atomic E-state index is 0.173. The van der Waals surface area contributed by atoms with E-state index in [9.17, 15) is 4.79 Å². The van der Waals surface area contributed by atoms with Gasteiger partial charge >= 0.3 is 0 Å². The Hall–Kier alpha value is -0.870. The minimum Gasteiger partial charge on any atom is -0.298 e. The van der Waals surface area contributed by atoms with Crippen molar-refractivity contribution >= 4 is 11.6 Å². The van der Waals surface area contributed by atoms with Crippen molar-refractivity contribution < 1.29 is 0 Å². The molecular weight excluding hydrogens is 202 g/mol. The summed E-state index contributed by atoms with van der Waals surface area (Å²) in [7, 11) is 0. The number of nitrogens with one attached hydrogen (secondary N) is 1. The van der Waals surface area contributed by atoms with Crippen LogP contribution in [0.3, 0.4) is 0 Å². The van der Waals surface area contributed by atoms with E-state index in [2.05, 4.69) is 14.9 Å². The first-order chi connectivity index (χ1) is 6.74. The molecule has 0 amide bonds. The first-order valence-corrected chi connectivity index (χ1v) is 5.10. The number of aromatic nitrogens is 2. The lowest BCUT2D eigenvalue weighted by Crippen LogP contribution is -2.21. The van der Waals surface area contributed by atoms with E-state index < -0.39 is 0 Å². The van der Waals surface area contributed by atoms with Crippen molar-refractivity contribution in [3.05, 3.63) is 27.4 Å². The fourth-order valence-corrected chi connectivity index (χ4v) is 1.93. The van der Waals surface area contributed by atoms with Crippen LogP contribution in [-0.2, 0) is 6.54 Å². The third-order valence-corrected chi connectivity index (χ3v) is 2.53. The van der Waals surface area contributed by atoms with Gasteiger partial charge in [-0.2, -0.15) is 0 Å². The molecule has 2 rings (SSSR count). The summed E-state index contributed by atoms with van der Waals surface area (Å²) >= 11 is 5.65. The van der Waals surface area contributed by atoms with Gasteiger partial charge in [-0.15, -0.1) is 0 Å². The van der Waals surface area contributed by atoms with Gasteiger partial charge < -0.3 is 0 Å². The highest BCUT2D eigenvalue weighted by atomic mass is 35.5. The maximum absolute atomic E-state index is 11.1. The second-order valence-corrected chi connectivity index (χ2v) is 3.87. The molecule has 1 aliphatic heterocycles. The summed E-state index contributed by atoms with van der Waals surface area (Å²) < 4.78 is 0. The van der Waals surface area contributed by atoms with Crippen molar-refractivity contribution in [1.29, 1.82) is 0 Å². The Labute approximate surface area is 86.9 Å². The molecule has 0 saturated carbocycles. The monoisotopic (exact) mass is 213 g/mol. The number of nitrogens with zero attached hydrogens (tertiary/aromatic N) is 2. The van der Waals surface area contributed by atoms with Crippen LogP contribution < -0.4 is 5.56 Å². The summed E-state index contributed by atoms with van der Waals surface area (Å²) in [4.78, 5) is 19.8. The van der Waals surface area contributed by atoms with E-state index in [4.69, 9.17) is 11.6 Å². The highest BCUT2D eigenvalue weighted by molar-refractivity contribution is 6.28. The van der Waals surface area contributed by atoms with Crippen LogP contribution in [0.1, 0.15) is 18.5 Å². The largest absolute Gasteiger partial charge is 0.298 e. The highest BCUT2D eigenvalue weighted by Gasteiger charge is 2.12. The van der Waals surface area contributed by atoms with Crippen LogP contribution in [0, 0.1) is 0 Å². The average Bonchev–Trinajstić information content (AvgIpc) is 2.54. The normalized spacial score (nSPS) is 17.5. The number of likely N-dealkylation sites (tertiary alicyclic amines) is 1. The Morgan fingerprint density at radius 3 is 2.86 bits per heavy atom. The molecule has 2 heterocycles. The van der Waals surface area contributed by atoms with E-state index >= 15 is 0 Å². The number of rotatable bonds is 2. The molecule has 5 heteroatoms. The number of aromatic amines is 1. The summed E-state index contributed by atoms with van der Waals surface area (Å²) in [6, 6.07) is 1.50. The Balaban J connectivity index is 2.11. The number of H-pyrrole nitrogens is 1. The summed E-state index contributed by atoms with van der Waals surface area (Å²) in [6.07, 6.45) is 2.47. The van der Waals surface area contributed by atoms with Crippen LogP contribution in [0.4, 0.5) is 0 Å². The van der Waals surface area contributed by atoms with Gasteiger partial charge in [-0.25, -0.2) is 4.98 Å². The summed E-state index contributed by atoms with van der Waals surface area (Å²) in [6.45, 7) is 2.90. The zero-order chi connectivity index (χ0) is 9.97. The second-order valence-electron chi connectivity index (χ2n) is 3.51. The first kappa shape index (κ1) is 9.68. The van der Waals surface area contributed by atoms with E-state index in [0.29, 0.717) is 0 Å². The van der Waals surface area contributed by atoms with E-state index in [1.54, 1.807) is 0 Å². The zero-order valence-electron chi connectivity index (χ0n) is 7.79. The lowest BCUT2D eigenvalue weighted by atomic mass is 10.4. The van der Waals surface area contributed by atoms with Crippen molar-refractivity contribution in [3.8, 4) is 0 Å². The molecule has 76 valence electrons. The van der Waals surface area contributed by atoms with Gasteiger partial charge in [-0.3, -0.25) is 14.7 Å². The molecule has 0 radical (unpaired) electrons. The Kier molecular flexibility index (Phi) is 2.84. The SMILES string of the molecule is O=c1cc(CN2CCCC2)nc(Cl)[nH]1. The van der Waals surface area contributed by atoms with Crippen molar-refractivity contribution in [3.63, 3.8) is 0 Å². The van der Waals surface area contributed by atoms with Gasteiger partial charge in [0.25, 0.3) is 5.56 Å². The molecule has 1 fully saturated rings. The average molecular weight is 214 g/mol. The second kappa shape index (κ2) is 4.11.